The lowest BCUT2D eigenvalue weighted by atomic mass is 10.3. The molecule has 0 N–H and O–H groups in total. The monoisotopic (exact) mass is 217 g/mol. The second kappa shape index (κ2) is 4.35. The van der Waals surface area contributed by atoms with Crippen molar-refractivity contribution in [3.63, 3.8) is 0 Å². The lowest BCUT2D eigenvalue weighted by Crippen LogP contribution is -2.23. The molecule has 0 aliphatic rings. The van der Waals surface area contributed by atoms with Crippen LogP contribution in [0.25, 0.3) is 11.0 Å². The Bertz CT molecular complexity index is 517. The zero-order valence-corrected chi connectivity index (χ0v) is 9.14. The fraction of sp³-hybridized carbons (Fsp3) is 0.333. The van der Waals surface area contributed by atoms with Gasteiger partial charge in [-0.15, -0.1) is 0 Å². The summed E-state index contributed by atoms with van der Waals surface area (Å²) in [6.07, 6.45) is 0.815. The molecule has 0 aliphatic carbocycles. The zero-order valence-electron chi connectivity index (χ0n) is 9.14. The smallest absolute Gasteiger partial charge is 0.109 e. The first-order chi connectivity index (χ1) is 7.72. The van der Waals surface area contributed by atoms with Crippen LogP contribution in [0.5, 0.6) is 0 Å². The molecule has 0 radical (unpaired) electrons. The van der Waals surface area contributed by atoms with Gasteiger partial charge in [-0.05, 0) is 12.1 Å². The third-order valence-electron chi connectivity index (χ3n) is 2.59. The normalized spacial score (nSPS) is 10.8. The highest BCUT2D eigenvalue weighted by Crippen LogP contribution is 2.16. The molecule has 0 bridgehead atoms. The van der Waals surface area contributed by atoms with Gasteiger partial charge in [-0.2, -0.15) is 0 Å². The summed E-state index contributed by atoms with van der Waals surface area (Å²) in [5, 5.41) is 10.5. The van der Waals surface area contributed by atoms with Crippen LogP contribution in [0, 0.1) is 0 Å². The van der Waals surface area contributed by atoms with E-state index in [1.54, 1.807) is 0 Å². The summed E-state index contributed by atoms with van der Waals surface area (Å²) in [6.45, 7) is 2.43. The Morgan fingerprint density at radius 2 is 2.19 bits per heavy atom. The van der Waals surface area contributed by atoms with E-state index in [4.69, 9.17) is 0 Å². The molecule has 0 saturated heterocycles. The Kier molecular flexibility index (Phi) is 2.90. The molecule has 0 atom stereocenters. The van der Waals surface area contributed by atoms with Gasteiger partial charge in [0.1, 0.15) is 5.82 Å². The van der Waals surface area contributed by atoms with Crippen molar-refractivity contribution in [2.45, 2.75) is 26.3 Å². The third kappa shape index (κ3) is 1.91. The van der Waals surface area contributed by atoms with Crippen LogP contribution in [-0.4, -0.2) is 15.5 Å². The van der Waals surface area contributed by atoms with Crippen molar-refractivity contribution >= 4 is 17.0 Å². The lowest BCUT2D eigenvalue weighted by Gasteiger charge is -2.08. The summed E-state index contributed by atoms with van der Waals surface area (Å²) in [7, 11) is 0. The number of rotatable bonds is 4. The lowest BCUT2D eigenvalue weighted by molar-refractivity contribution is -0.305. The molecule has 0 unspecified atom stereocenters. The minimum atomic E-state index is -1.03. The van der Waals surface area contributed by atoms with E-state index in [-0.39, 0.29) is 6.42 Å². The van der Waals surface area contributed by atoms with Crippen LogP contribution in [0.4, 0.5) is 0 Å². The standard InChI is InChI=1S/C12H14N2O2/c1-2-11-13-9-5-3-4-6-10(9)14(11)8-7-12(15)16/h3-6H,2,7-8H2,1H3,(H,15,16)/p-1. The maximum absolute atomic E-state index is 10.5. The van der Waals surface area contributed by atoms with E-state index in [0.717, 1.165) is 23.3 Å². The number of fused-ring (bicyclic) bond motifs is 1. The highest BCUT2D eigenvalue weighted by Gasteiger charge is 2.07. The molecule has 1 aromatic carbocycles. The number of benzene rings is 1. The number of hydrogen-bond acceptors (Lipinski definition) is 3. The summed E-state index contributed by atoms with van der Waals surface area (Å²) in [4.78, 5) is 14.9. The number of carbonyl (C=O) groups excluding carboxylic acids is 1. The van der Waals surface area contributed by atoms with Crippen molar-refractivity contribution in [1.29, 1.82) is 0 Å². The number of hydrogen-bond donors (Lipinski definition) is 0. The van der Waals surface area contributed by atoms with Gasteiger partial charge in [0.2, 0.25) is 0 Å². The number of aromatic nitrogens is 2. The molecule has 2 rings (SSSR count). The van der Waals surface area contributed by atoms with Gasteiger partial charge in [0.05, 0.1) is 11.0 Å². The Morgan fingerprint density at radius 3 is 2.88 bits per heavy atom. The quantitative estimate of drug-likeness (QED) is 0.759. The van der Waals surface area contributed by atoms with Gasteiger partial charge < -0.3 is 14.5 Å². The molecule has 84 valence electrons. The molecular formula is C12H13N2O2-. The summed E-state index contributed by atoms with van der Waals surface area (Å²) in [5.74, 6) is -0.109. The van der Waals surface area contributed by atoms with Crippen molar-refractivity contribution in [3.8, 4) is 0 Å². The van der Waals surface area contributed by atoms with Crippen LogP contribution >= 0.6 is 0 Å². The van der Waals surface area contributed by atoms with Crippen LogP contribution in [0.3, 0.4) is 0 Å². The van der Waals surface area contributed by atoms with Gasteiger partial charge in [0.15, 0.2) is 0 Å². The number of carboxylic acids is 1. The van der Waals surface area contributed by atoms with Crippen molar-refractivity contribution < 1.29 is 9.90 Å². The molecule has 0 fully saturated rings. The fourth-order valence-electron chi connectivity index (χ4n) is 1.85. The van der Waals surface area contributed by atoms with E-state index in [1.165, 1.54) is 0 Å². The first kappa shape index (κ1) is 10.7. The van der Waals surface area contributed by atoms with Crippen LogP contribution in [0.1, 0.15) is 19.2 Å². The fourth-order valence-corrected chi connectivity index (χ4v) is 1.85. The average molecular weight is 217 g/mol. The first-order valence-electron chi connectivity index (χ1n) is 5.36. The first-order valence-corrected chi connectivity index (χ1v) is 5.36. The summed E-state index contributed by atoms with van der Waals surface area (Å²) >= 11 is 0. The SMILES string of the molecule is CCc1nc2ccccc2n1CCC(=O)[O-]. The third-order valence-corrected chi connectivity index (χ3v) is 2.59. The minimum Gasteiger partial charge on any atom is -0.550 e. The number of nitrogens with zero attached hydrogens (tertiary/aromatic N) is 2. The Labute approximate surface area is 93.5 Å². The van der Waals surface area contributed by atoms with Crippen LogP contribution in [-0.2, 0) is 17.8 Å². The maximum Gasteiger partial charge on any atom is 0.109 e. The van der Waals surface area contributed by atoms with E-state index < -0.39 is 5.97 Å². The van der Waals surface area contributed by atoms with E-state index in [0.29, 0.717) is 6.54 Å². The van der Waals surface area contributed by atoms with Gasteiger partial charge in [-0.25, -0.2) is 4.98 Å². The molecule has 0 saturated carbocycles. The highest BCUT2D eigenvalue weighted by molar-refractivity contribution is 5.76. The molecule has 1 aromatic heterocycles. The summed E-state index contributed by atoms with van der Waals surface area (Å²) in [6, 6.07) is 7.75. The molecule has 1 heterocycles. The van der Waals surface area contributed by atoms with E-state index in [1.807, 2.05) is 35.8 Å². The van der Waals surface area contributed by atoms with Crippen LogP contribution in [0.2, 0.25) is 0 Å². The molecule has 0 amide bonds. The number of carbonyl (C=O) groups is 1. The van der Waals surface area contributed by atoms with E-state index in [9.17, 15) is 9.90 Å². The second-order valence-corrected chi connectivity index (χ2v) is 3.64. The van der Waals surface area contributed by atoms with Gasteiger partial charge in [0.25, 0.3) is 0 Å². The summed E-state index contributed by atoms with van der Waals surface area (Å²) in [5.41, 5.74) is 1.90. The number of carboxylic acid groups (broad SMARTS) is 1. The van der Waals surface area contributed by atoms with E-state index in [2.05, 4.69) is 4.98 Å². The molecule has 16 heavy (non-hydrogen) atoms. The van der Waals surface area contributed by atoms with Gasteiger partial charge >= 0.3 is 0 Å². The number of para-hydroxylation sites is 2. The molecule has 0 aliphatic heterocycles. The van der Waals surface area contributed by atoms with Crippen molar-refractivity contribution in [2.75, 3.05) is 0 Å². The molecule has 4 heteroatoms. The number of aryl methyl sites for hydroxylation is 2. The largest absolute Gasteiger partial charge is 0.550 e. The number of aliphatic carboxylic acids is 1. The Morgan fingerprint density at radius 1 is 1.44 bits per heavy atom. The van der Waals surface area contributed by atoms with Crippen molar-refractivity contribution in [3.05, 3.63) is 30.1 Å². The van der Waals surface area contributed by atoms with E-state index >= 15 is 0 Å². The molecule has 4 nitrogen and oxygen atoms in total. The topological polar surface area (TPSA) is 58.0 Å². The Hall–Kier alpha value is -1.84. The predicted molar refractivity (Wildman–Crippen MR) is 58.7 cm³/mol. The average Bonchev–Trinajstić information content (AvgIpc) is 2.64. The molecule has 2 aromatic rings. The van der Waals surface area contributed by atoms with Gasteiger partial charge in [-0.1, -0.05) is 19.1 Å². The second-order valence-electron chi connectivity index (χ2n) is 3.64. The van der Waals surface area contributed by atoms with Gasteiger partial charge in [-0.3, -0.25) is 0 Å². The zero-order chi connectivity index (χ0) is 11.5. The molecule has 0 spiro atoms. The highest BCUT2D eigenvalue weighted by atomic mass is 16.4. The maximum atomic E-state index is 10.5. The Balaban J connectivity index is 2.43. The predicted octanol–water partition coefficient (Wildman–Crippen LogP) is 0.739. The molecular weight excluding hydrogens is 204 g/mol. The minimum absolute atomic E-state index is 0.0212. The van der Waals surface area contributed by atoms with Crippen LogP contribution in [0.15, 0.2) is 24.3 Å². The number of imidazole rings is 1. The summed E-state index contributed by atoms with van der Waals surface area (Å²) < 4.78 is 1.95. The van der Waals surface area contributed by atoms with Gasteiger partial charge in [0, 0.05) is 25.4 Å². The van der Waals surface area contributed by atoms with Crippen molar-refractivity contribution in [1.82, 2.24) is 9.55 Å². The van der Waals surface area contributed by atoms with Crippen LogP contribution < -0.4 is 5.11 Å². The van der Waals surface area contributed by atoms with Crippen molar-refractivity contribution in [2.24, 2.45) is 0 Å².